The van der Waals surface area contributed by atoms with Crippen molar-refractivity contribution in [1.82, 2.24) is 0 Å². The summed E-state index contributed by atoms with van der Waals surface area (Å²) in [5, 5.41) is 6.37. The average molecular weight is 658 g/mol. The second-order valence-corrected chi connectivity index (χ2v) is 12.1. The van der Waals surface area contributed by atoms with Gasteiger partial charge in [-0.3, -0.25) is 9.59 Å². The fourth-order valence-corrected chi connectivity index (χ4v) is 5.82. The SMILES string of the molecule is CCCCCCCCCCCCCCOc1c(CC(=O)Nc2ccccc2C[n+]2ccsc2C)cccc1C(C)=O.[Br-]. The zero-order chi connectivity index (χ0) is 29.3. The third kappa shape index (κ3) is 12.4. The van der Waals surface area contributed by atoms with Gasteiger partial charge in [-0.1, -0.05) is 119 Å². The van der Waals surface area contributed by atoms with Gasteiger partial charge < -0.3 is 27.0 Å². The van der Waals surface area contributed by atoms with Gasteiger partial charge in [0.2, 0.25) is 10.9 Å². The van der Waals surface area contributed by atoms with E-state index in [1.165, 1.54) is 69.2 Å². The first-order valence-electron chi connectivity index (χ1n) is 15.6. The van der Waals surface area contributed by atoms with Gasteiger partial charge in [0.05, 0.1) is 29.7 Å². The number of Topliss-reactive ketones (excluding diaryl/α,β-unsaturated/α-hetero) is 1. The maximum absolute atomic E-state index is 13.2. The lowest BCUT2D eigenvalue weighted by Crippen LogP contribution is -3.00. The number of ether oxygens (including phenoxy) is 1. The minimum atomic E-state index is -0.125. The van der Waals surface area contributed by atoms with Gasteiger partial charge in [-0.25, -0.2) is 0 Å². The number of benzene rings is 2. The normalized spacial score (nSPS) is 10.7. The second-order valence-electron chi connectivity index (χ2n) is 11.0. The predicted octanol–water partition coefficient (Wildman–Crippen LogP) is 5.86. The summed E-state index contributed by atoms with van der Waals surface area (Å²) < 4.78 is 8.35. The number of halogens is 1. The fraction of sp³-hybridized carbons (Fsp3) is 0.514. The van der Waals surface area contributed by atoms with Crippen LogP contribution in [0.2, 0.25) is 0 Å². The van der Waals surface area contributed by atoms with Gasteiger partial charge in [0.15, 0.2) is 18.5 Å². The van der Waals surface area contributed by atoms with E-state index in [0.717, 1.165) is 29.7 Å². The van der Waals surface area contributed by atoms with Gasteiger partial charge in [-0.15, -0.1) is 0 Å². The van der Waals surface area contributed by atoms with E-state index in [2.05, 4.69) is 35.3 Å². The van der Waals surface area contributed by atoms with Crippen molar-refractivity contribution in [2.45, 2.75) is 111 Å². The second kappa shape index (κ2) is 20.4. The molecule has 5 nitrogen and oxygen atoms in total. The molecule has 1 aromatic heterocycles. The van der Waals surface area contributed by atoms with Crippen LogP contribution in [-0.2, 0) is 17.8 Å². The quantitative estimate of drug-likeness (QED) is 0.0942. The molecule has 0 bridgehead atoms. The van der Waals surface area contributed by atoms with Gasteiger partial charge in [-0.2, -0.15) is 4.57 Å². The summed E-state index contributed by atoms with van der Waals surface area (Å²) in [6.07, 6.45) is 17.6. The number of anilines is 1. The molecule has 1 N–H and O–H groups in total. The molecule has 230 valence electrons. The number of carbonyl (C=O) groups excluding carboxylic acids is 2. The van der Waals surface area contributed by atoms with E-state index >= 15 is 0 Å². The molecular weight excluding hydrogens is 608 g/mol. The first-order valence-corrected chi connectivity index (χ1v) is 16.4. The van der Waals surface area contributed by atoms with E-state index in [0.29, 0.717) is 24.5 Å². The van der Waals surface area contributed by atoms with E-state index in [-0.39, 0.29) is 35.1 Å². The van der Waals surface area contributed by atoms with Gasteiger partial charge >= 0.3 is 0 Å². The van der Waals surface area contributed by atoms with Crippen molar-refractivity contribution >= 4 is 28.7 Å². The topological polar surface area (TPSA) is 59.3 Å². The first kappa shape index (κ1) is 35.7. The molecular formula is C35H49BrN2O3S. The Morgan fingerprint density at radius 2 is 1.45 bits per heavy atom. The number of rotatable bonds is 20. The van der Waals surface area contributed by atoms with Crippen molar-refractivity contribution in [3.63, 3.8) is 0 Å². The number of carbonyl (C=O) groups is 2. The number of hydrogen-bond acceptors (Lipinski definition) is 4. The Balaban J connectivity index is 0.00000616. The van der Waals surface area contributed by atoms with Gasteiger partial charge in [0, 0.05) is 18.1 Å². The lowest BCUT2D eigenvalue weighted by atomic mass is 10.0. The number of amides is 1. The Kier molecular flexibility index (Phi) is 17.3. The zero-order valence-corrected chi connectivity index (χ0v) is 28.2. The number of nitrogens with one attached hydrogen (secondary N) is 1. The molecule has 3 aromatic rings. The summed E-state index contributed by atoms with van der Waals surface area (Å²) >= 11 is 1.70. The summed E-state index contributed by atoms with van der Waals surface area (Å²) in [6, 6.07) is 13.4. The smallest absolute Gasteiger partial charge is 0.234 e. The lowest BCUT2D eigenvalue weighted by molar-refractivity contribution is -0.689. The Morgan fingerprint density at radius 3 is 2.07 bits per heavy atom. The molecule has 0 saturated heterocycles. The maximum atomic E-state index is 13.2. The summed E-state index contributed by atoms with van der Waals surface area (Å²) in [5.74, 6) is 0.377. The molecule has 0 spiro atoms. The highest BCUT2D eigenvalue weighted by atomic mass is 79.9. The van der Waals surface area contributed by atoms with Crippen LogP contribution in [0.3, 0.4) is 0 Å². The standard InChI is InChI=1S/C35H48N2O3S.BrH/c1-4-5-6-7-8-9-10-11-12-13-14-17-24-40-35-30(20-18-21-32(35)28(2)38)26-34(39)36-33-22-16-15-19-31(33)27-37-23-25-41-29(37)3;/h15-16,18-23,25H,4-14,17,24,26-27H2,1-3H3;1H. The van der Waals surface area contributed by atoms with Crippen molar-refractivity contribution in [3.05, 3.63) is 75.7 Å². The molecule has 0 fully saturated rings. The molecule has 42 heavy (non-hydrogen) atoms. The van der Waals surface area contributed by atoms with Gasteiger partial charge in [0.25, 0.3) is 0 Å². The van der Waals surface area contributed by atoms with Gasteiger partial charge in [0.1, 0.15) is 5.75 Å². The van der Waals surface area contributed by atoms with Crippen LogP contribution in [0.1, 0.15) is 117 Å². The zero-order valence-electron chi connectivity index (χ0n) is 25.8. The summed E-state index contributed by atoms with van der Waals surface area (Å²) in [5.41, 5.74) is 3.14. The number of hydrogen-bond donors (Lipinski definition) is 1. The number of thiazole rings is 1. The van der Waals surface area contributed by atoms with E-state index in [4.69, 9.17) is 4.74 Å². The van der Waals surface area contributed by atoms with E-state index in [1.807, 2.05) is 36.4 Å². The Bertz CT molecular complexity index is 1230. The Labute approximate surface area is 267 Å². The van der Waals surface area contributed by atoms with Crippen LogP contribution < -0.4 is 31.6 Å². The van der Waals surface area contributed by atoms with Crippen LogP contribution in [-0.4, -0.2) is 18.3 Å². The molecule has 0 aliphatic rings. The maximum Gasteiger partial charge on any atom is 0.234 e. The molecule has 0 atom stereocenters. The van der Waals surface area contributed by atoms with Crippen LogP contribution in [0, 0.1) is 6.92 Å². The number of unbranched alkanes of at least 4 members (excludes halogenated alkanes) is 11. The van der Waals surface area contributed by atoms with E-state index < -0.39 is 0 Å². The Hall–Kier alpha value is -2.51. The monoisotopic (exact) mass is 656 g/mol. The molecule has 0 aliphatic carbocycles. The third-order valence-electron chi connectivity index (χ3n) is 7.59. The largest absolute Gasteiger partial charge is 1.00 e. The van der Waals surface area contributed by atoms with Crippen molar-refractivity contribution in [2.24, 2.45) is 0 Å². The average Bonchev–Trinajstić information content (AvgIpc) is 3.36. The Morgan fingerprint density at radius 1 is 0.833 bits per heavy atom. The van der Waals surface area contributed by atoms with E-state index in [1.54, 1.807) is 24.3 Å². The molecule has 1 amide bonds. The van der Waals surface area contributed by atoms with Gasteiger partial charge in [-0.05, 0) is 25.5 Å². The van der Waals surface area contributed by atoms with E-state index in [9.17, 15) is 9.59 Å². The van der Waals surface area contributed by atoms with Crippen molar-refractivity contribution in [3.8, 4) is 5.75 Å². The molecule has 0 radical (unpaired) electrons. The van der Waals surface area contributed by atoms with Crippen molar-refractivity contribution < 1.29 is 35.9 Å². The van der Waals surface area contributed by atoms with Crippen molar-refractivity contribution in [2.75, 3.05) is 11.9 Å². The molecule has 3 rings (SSSR count). The highest BCUT2D eigenvalue weighted by Crippen LogP contribution is 2.27. The number of aromatic nitrogens is 1. The minimum absolute atomic E-state index is 0. The number of ketones is 1. The van der Waals surface area contributed by atoms with Crippen LogP contribution in [0.15, 0.2) is 54.0 Å². The molecule has 0 saturated carbocycles. The number of para-hydroxylation sites is 2. The van der Waals surface area contributed by atoms with Crippen LogP contribution in [0.25, 0.3) is 0 Å². The summed E-state index contributed by atoms with van der Waals surface area (Å²) in [6.45, 7) is 7.15. The molecule has 0 unspecified atom stereocenters. The third-order valence-corrected chi connectivity index (χ3v) is 8.42. The molecule has 0 aliphatic heterocycles. The van der Waals surface area contributed by atoms with Crippen LogP contribution in [0.5, 0.6) is 5.75 Å². The molecule has 1 heterocycles. The first-order chi connectivity index (χ1) is 20.0. The number of aryl methyl sites for hydroxylation is 1. The van der Waals surface area contributed by atoms with Crippen LogP contribution in [0.4, 0.5) is 5.69 Å². The summed E-state index contributed by atoms with van der Waals surface area (Å²) in [7, 11) is 0. The lowest BCUT2D eigenvalue weighted by Gasteiger charge is -2.15. The fourth-order valence-electron chi connectivity index (χ4n) is 5.16. The van der Waals surface area contributed by atoms with Crippen molar-refractivity contribution in [1.29, 1.82) is 0 Å². The highest BCUT2D eigenvalue weighted by Gasteiger charge is 2.18. The summed E-state index contributed by atoms with van der Waals surface area (Å²) in [4.78, 5) is 25.5. The molecule has 2 aromatic carbocycles. The molecule has 7 heteroatoms. The number of nitrogens with zero attached hydrogens (tertiary/aromatic N) is 1. The minimum Gasteiger partial charge on any atom is -1.00 e. The highest BCUT2D eigenvalue weighted by molar-refractivity contribution is 7.09. The predicted molar refractivity (Wildman–Crippen MR) is 170 cm³/mol. The van der Waals surface area contributed by atoms with Crippen LogP contribution >= 0.6 is 11.3 Å².